The Labute approximate surface area is 310 Å². The van der Waals surface area contributed by atoms with Gasteiger partial charge in [-0.3, -0.25) is 9.59 Å². The Balaban J connectivity index is 4.19. The Morgan fingerprint density at radius 3 is 1.48 bits per heavy atom. The molecule has 0 heterocycles. The van der Waals surface area contributed by atoms with Crippen LogP contribution in [0.5, 0.6) is 0 Å². The molecule has 0 amide bonds. The Kier molecular flexibility index (Phi) is 39.5. The van der Waals surface area contributed by atoms with E-state index < -0.39 is 6.10 Å². The summed E-state index contributed by atoms with van der Waals surface area (Å²) in [6.07, 6.45) is 48.3. The molecule has 0 rings (SSSR count). The first-order valence-corrected chi connectivity index (χ1v) is 21.2. The molecule has 290 valence electrons. The van der Waals surface area contributed by atoms with Crippen LogP contribution >= 0.6 is 0 Å². The number of carbonyl (C=O) groups excluding carboxylic acids is 2. The summed E-state index contributed by atoms with van der Waals surface area (Å²) < 4.78 is 17.1. The van der Waals surface area contributed by atoms with Gasteiger partial charge in [-0.15, -0.1) is 0 Å². The maximum atomic E-state index is 12.6. The van der Waals surface area contributed by atoms with E-state index in [0.717, 1.165) is 83.5 Å². The fourth-order valence-corrected chi connectivity index (χ4v) is 5.69. The van der Waals surface area contributed by atoms with Crippen molar-refractivity contribution in [1.29, 1.82) is 0 Å². The summed E-state index contributed by atoms with van der Waals surface area (Å²) in [4.78, 5) is 25.1. The van der Waals surface area contributed by atoms with Crippen molar-refractivity contribution in [3.63, 3.8) is 0 Å². The number of hydrogen-bond acceptors (Lipinski definition) is 5. The fraction of sp³-hybridized carbons (Fsp3) is 0.778. The number of hydrogen-bond donors (Lipinski definition) is 0. The van der Waals surface area contributed by atoms with Crippen molar-refractivity contribution in [3.8, 4) is 0 Å². The number of allylic oxidation sites excluding steroid dienone is 8. The largest absolute Gasteiger partial charge is 0.462 e. The van der Waals surface area contributed by atoms with Gasteiger partial charge >= 0.3 is 11.9 Å². The third-order valence-corrected chi connectivity index (χ3v) is 8.85. The molecular formula is C45H80O5. The van der Waals surface area contributed by atoms with Gasteiger partial charge in [0.25, 0.3) is 0 Å². The zero-order chi connectivity index (χ0) is 36.4. The molecule has 1 atom stereocenters. The molecule has 0 aliphatic heterocycles. The lowest BCUT2D eigenvalue weighted by Gasteiger charge is -2.18. The molecule has 0 aromatic carbocycles. The standard InChI is InChI=1S/C45H80O5/c1-4-7-10-13-16-18-20-22-23-25-26-28-30-32-35-38-44(46)49-42-43(41-48-40-37-34-15-12-9-6-3)50-45(47)39-36-33-31-29-27-24-21-19-17-14-11-8-5-2/h8,11,17,19,22-24,27,43H,4-7,9-10,12-16,18,20-21,25-26,28-42H2,1-3H3/b11-8-,19-17-,23-22-,27-24-. The molecule has 0 aliphatic rings. The molecule has 50 heavy (non-hydrogen) atoms. The molecule has 0 spiro atoms. The SMILES string of the molecule is CC/C=C\C/C=C\C/C=C\CCCCCC(=O)OC(COCCCCCCCC)COC(=O)CCCCCCC/C=C\CCCCCCCC. The van der Waals surface area contributed by atoms with Crippen molar-refractivity contribution in [1.82, 2.24) is 0 Å². The van der Waals surface area contributed by atoms with Crippen molar-refractivity contribution in [2.75, 3.05) is 19.8 Å². The lowest BCUT2D eigenvalue weighted by Crippen LogP contribution is -2.30. The third kappa shape index (κ3) is 38.7. The van der Waals surface area contributed by atoms with Crippen LogP contribution in [0.15, 0.2) is 48.6 Å². The molecule has 0 saturated carbocycles. The molecule has 5 nitrogen and oxygen atoms in total. The highest BCUT2D eigenvalue weighted by molar-refractivity contribution is 5.70. The highest BCUT2D eigenvalue weighted by Gasteiger charge is 2.17. The molecule has 0 N–H and O–H groups in total. The van der Waals surface area contributed by atoms with Gasteiger partial charge in [-0.05, 0) is 77.0 Å². The first-order chi connectivity index (χ1) is 24.6. The van der Waals surface area contributed by atoms with Gasteiger partial charge in [-0.25, -0.2) is 0 Å². The van der Waals surface area contributed by atoms with Crippen molar-refractivity contribution in [2.24, 2.45) is 0 Å². The van der Waals surface area contributed by atoms with Crippen LogP contribution in [0.2, 0.25) is 0 Å². The van der Waals surface area contributed by atoms with Crippen LogP contribution in [0.4, 0.5) is 0 Å². The third-order valence-electron chi connectivity index (χ3n) is 8.85. The van der Waals surface area contributed by atoms with E-state index in [-0.39, 0.29) is 25.2 Å². The van der Waals surface area contributed by atoms with Crippen molar-refractivity contribution in [2.45, 2.75) is 207 Å². The summed E-state index contributed by atoms with van der Waals surface area (Å²) >= 11 is 0. The van der Waals surface area contributed by atoms with Crippen LogP contribution < -0.4 is 0 Å². The smallest absolute Gasteiger partial charge is 0.306 e. The maximum Gasteiger partial charge on any atom is 0.306 e. The number of carbonyl (C=O) groups is 2. The van der Waals surface area contributed by atoms with Crippen molar-refractivity contribution in [3.05, 3.63) is 48.6 Å². The second kappa shape index (κ2) is 41.3. The number of rotatable bonds is 38. The Hall–Kier alpha value is -2.14. The van der Waals surface area contributed by atoms with Gasteiger partial charge in [0.2, 0.25) is 0 Å². The lowest BCUT2D eigenvalue weighted by atomic mass is 10.1. The lowest BCUT2D eigenvalue weighted by molar-refractivity contribution is -0.163. The molecule has 0 aliphatic carbocycles. The van der Waals surface area contributed by atoms with Crippen LogP contribution in [0.25, 0.3) is 0 Å². The van der Waals surface area contributed by atoms with E-state index in [0.29, 0.717) is 19.4 Å². The van der Waals surface area contributed by atoms with Crippen molar-refractivity contribution < 1.29 is 23.8 Å². The Morgan fingerprint density at radius 2 is 0.900 bits per heavy atom. The van der Waals surface area contributed by atoms with Gasteiger partial charge in [-0.1, -0.05) is 159 Å². The predicted octanol–water partition coefficient (Wildman–Crippen LogP) is 13.7. The van der Waals surface area contributed by atoms with Gasteiger partial charge in [-0.2, -0.15) is 0 Å². The summed E-state index contributed by atoms with van der Waals surface area (Å²) in [5, 5.41) is 0. The fourth-order valence-electron chi connectivity index (χ4n) is 5.69. The number of ether oxygens (including phenoxy) is 3. The summed E-state index contributed by atoms with van der Waals surface area (Å²) in [5.41, 5.74) is 0. The summed E-state index contributed by atoms with van der Waals surface area (Å²) in [7, 11) is 0. The highest BCUT2D eigenvalue weighted by Crippen LogP contribution is 2.12. The Morgan fingerprint density at radius 1 is 0.460 bits per heavy atom. The van der Waals surface area contributed by atoms with Crippen LogP contribution in [-0.2, 0) is 23.8 Å². The van der Waals surface area contributed by atoms with Gasteiger partial charge in [0, 0.05) is 19.4 Å². The van der Waals surface area contributed by atoms with Crippen LogP contribution in [0.3, 0.4) is 0 Å². The minimum absolute atomic E-state index is 0.0697. The van der Waals surface area contributed by atoms with E-state index in [1.165, 1.54) is 83.5 Å². The Bertz CT molecular complexity index is 842. The normalized spacial score (nSPS) is 12.6. The molecular weight excluding hydrogens is 620 g/mol. The van der Waals surface area contributed by atoms with Crippen LogP contribution in [0.1, 0.15) is 201 Å². The molecule has 0 fully saturated rings. The molecule has 5 heteroatoms. The molecule has 0 radical (unpaired) electrons. The van der Waals surface area contributed by atoms with E-state index in [9.17, 15) is 9.59 Å². The van der Waals surface area contributed by atoms with E-state index in [2.05, 4.69) is 69.4 Å². The summed E-state index contributed by atoms with van der Waals surface area (Å²) in [6, 6.07) is 0. The molecule has 0 saturated heterocycles. The molecule has 0 aromatic heterocycles. The second-order valence-corrected chi connectivity index (χ2v) is 13.9. The number of esters is 2. The average molecular weight is 701 g/mol. The molecule has 0 aromatic rings. The topological polar surface area (TPSA) is 61.8 Å². The maximum absolute atomic E-state index is 12.6. The van der Waals surface area contributed by atoms with Gasteiger partial charge < -0.3 is 14.2 Å². The quantitative estimate of drug-likeness (QED) is 0.0364. The predicted molar refractivity (Wildman–Crippen MR) is 215 cm³/mol. The zero-order valence-corrected chi connectivity index (χ0v) is 33.2. The first-order valence-electron chi connectivity index (χ1n) is 21.2. The van der Waals surface area contributed by atoms with E-state index >= 15 is 0 Å². The second-order valence-electron chi connectivity index (χ2n) is 13.9. The number of unbranched alkanes of at least 4 members (excludes halogenated alkanes) is 19. The monoisotopic (exact) mass is 701 g/mol. The first kappa shape index (κ1) is 47.9. The van der Waals surface area contributed by atoms with E-state index in [1.54, 1.807) is 0 Å². The van der Waals surface area contributed by atoms with Gasteiger partial charge in [0.1, 0.15) is 6.61 Å². The van der Waals surface area contributed by atoms with Crippen LogP contribution in [0, 0.1) is 0 Å². The molecule has 0 bridgehead atoms. The van der Waals surface area contributed by atoms with Crippen molar-refractivity contribution >= 4 is 11.9 Å². The summed E-state index contributed by atoms with van der Waals surface area (Å²) in [5.74, 6) is -0.444. The van der Waals surface area contributed by atoms with Crippen LogP contribution in [-0.4, -0.2) is 37.9 Å². The van der Waals surface area contributed by atoms with E-state index in [1.807, 2.05) is 0 Å². The minimum atomic E-state index is -0.547. The van der Waals surface area contributed by atoms with E-state index in [4.69, 9.17) is 14.2 Å². The van der Waals surface area contributed by atoms with Gasteiger partial charge in [0.05, 0.1) is 6.61 Å². The van der Waals surface area contributed by atoms with Gasteiger partial charge in [0.15, 0.2) is 6.10 Å². The summed E-state index contributed by atoms with van der Waals surface area (Å²) in [6.45, 7) is 7.62. The minimum Gasteiger partial charge on any atom is -0.462 e. The molecule has 1 unspecified atom stereocenters. The average Bonchev–Trinajstić information content (AvgIpc) is 3.11. The zero-order valence-electron chi connectivity index (χ0n) is 33.2. The highest BCUT2D eigenvalue weighted by atomic mass is 16.6.